The molecule has 4 N–H and O–H groups in total. The lowest BCUT2D eigenvalue weighted by molar-refractivity contribution is -0.118. The Morgan fingerprint density at radius 2 is 1.89 bits per heavy atom. The molecule has 0 aliphatic rings. The average Bonchev–Trinajstić information content (AvgIpc) is 2.37. The summed E-state index contributed by atoms with van der Waals surface area (Å²) in [5, 5.41) is 12.3. The Hall–Kier alpha value is -2.01. The molecule has 0 aliphatic heterocycles. The van der Waals surface area contributed by atoms with Crippen LogP contribution in [0, 0.1) is 0 Å². The zero-order chi connectivity index (χ0) is 13.8. The molecule has 0 saturated heterocycles. The zero-order valence-corrected chi connectivity index (χ0v) is 11.6. The number of hydrogen-bond acceptors (Lipinski definition) is 3. The van der Waals surface area contributed by atoms with E-state index in [2.05, 4.69) is 21.2 Å². The second-order valence-electron chi connectivity index (χ2n) is 4.08. The summed E-state index contributed by atoms with van der Waals surface area (Å²) in [5.74, 6) is -0.333. The van der Waals surface area contributed by atoms with Crippen molar-refractivity contribution in [3.05, 3.63) is 58.6 Å². The number of hydrogen-bond donors (Lipinski definition) is 3. The molecule has 0 bridgehead atoms. The lowest BCUT2D eigenvalue weighted by atomic mass is 10.1. The number of aromatic hydroxyl groups is 1. The normalized spacial score (nSPS) is 11.8. The lowest BCUT2D eigenvalue weighted by Gasteiger charge is -2.17. The first-order valence-electron chi connectivity index (χ1n) is 5.66. The van der Waals surface area contributed by atoms with Crippen molar-refractivity contribution in [3.63, 3.8) is 0 Å². The Morgan fingerprint density at radius 1 is 1.21 bits per heavy atom. The van der Waals surface area contributed by atoms with Gasteiger partial charge in [0.1, 0.15) is 11.8 Å². The van der Waals surface area contributed by atoms with Crippen LogP contribution in [0.25, 0.3) is 0 Å². The quantitative estimate of drug-likeness (QED) is 0.810. The fourth-order valence-corrected chi connectivity index (χ4v) is 2.13. The van der Waals surface area contributed by atoms with E-state index in [1.54, 1.807) is 12.1 Å². The van der Waals surface area contributed by atoms with Crippen molar-refractivity contribution in [2.45, 2.75) is 6.04 Å². The Kier molecular flexibility index (Phi) is 4.06. The molecular weight excluding hydrogens is 308 g/mol. The van der Waals surface area contributed by atoms with E-state index in [9.17, 15) is 9.90 Å². The fourth-order valence-electron chi connectivity index (χ4n) is 1.73. The largest absolute Gasteiger partial charge is 0.508 e. The Labute approximate surface area is 119 Å². The number of phenols is 1. The Bertz CT molecular complexity index is 584. The van der Waals surface area contributed by atoms with Crippen molar-refractivity contribution in [2.75, 3.05) is 5.32 Å². The highest BCUT2D eigenvalue weighted by Crippen LogP contribution is 2.23. The topological polar surface area (TPSA) is 75.4 Å². The van der Waals surface area contributed by atoms with E-state index >= 15 is 0 Å². The molecule has 0 spiro atoms. The van der Waals surface area contributed by atoms with Gasteiger partial charge in [-0.3, -0.25) is 4.79 Å². The molecule has 0 radical (unpaired) electrons. The highest BCUT2D eigenvalue weighted by Gasteiger charge is 2.17. The Morgan fingerprint density at radius 3 is 2.47 bits per heavy atom. The van der Waals surface area contributed by atoms with Crippen LogP contribution in [0.5, 0.6) is 5.75 Å². The molecule has 1 atom stereocenters. The van der Waals surface area contributed by atoms with E-state index in [0.29, 0.717) is 5.56 Å². The third-order valence-corrected chi connectivity index (χ3v) is 3.14. The molecule has 0 aromatic heterocycles. The van der Waals surface area contributed by atoms with E-state index in [-0.39, 0.29) is 5.75 Å². The van der Waals surface area contributed by atoms with Crippen LogP contribution < -0.4 is 11.1 Å². The molecule has 5 heteroatoms. The maximum absolute atomic E-state index is 11.6. The van der Waals surface area contributed by atoms with E-state index in [0.717, 1.165) is 10.2 Å². The number of rotatable bonds is 4. The number of nitrogens with one attached hydrogen (secondary N) is 1. The van der Waals surface area contributed by atoms with Crippen LogP contribution in [0.2, 0.25) is 0 Å². The first-order chi connectivity index (χ1) is 9.06. The summed E-state index contributed by atoms with van der Waals surface area (Å²) in [6, 6.07) is 13.2. The number of carbonyl (C=O) groups is 1. The van der Waals surface area contributed by atoms with Crippen LogP contribution >= 0.6 is 15.9 Å². The number of phenolic OH excluding ortho intramolecular Hbond substituents is 1. The molecule has 98 valence electrons. The van der Waals surface area contributed by atoms with Gasteiger partial charge in [-0.05, 0) is 35.9 Å². The SMILES string of the molecule is NC(=O)C(Nc1cccc(Br)c1)c1ccc(O)cc1. The molecule has 19 heavy (non-hydrogen) atoms. The Balaban J connectivity index is 2.26. The number of halogens is 1. The van der Waals surface area contributed by atoms with Gasteiger partial charge in [-0.15, -0.1) is 0 Å². The molecule has 1 unspecified atom stereocenters. The number of primary amides is 1. The van der Waals surface area contributed by atoms with Gasteiger partial charge in [-0.2, -0.15) is 0 Å². The number of amides is 1. The van der Waals surface area contributed by atoms with Crippen molar-refractivity contribution < 1.29 is 9.90 Å². The number of nitrogens with two attached hydrogens (primary N) is 1. The maximum Gasteiger partial charge on any atom is 0.244 e. The lowest BCUT2D eigenvalue weighted by Crippen LogP contribution is -2.27. The van der Waals surface area contributed by atoms with Crippen LogP contribution in [0.3, 0.4) is 0 Å². The molecule has 0 saturated carbocycles. The molecule has 0 heterocycles. The highest BCUT2D eigenvalue weighted by molar-refractivity contribution is 9.10. The van der Waals surface area contributed by atoms with Crippen LogP contribution in [0.15, 0.2) is 53.0 Å². The molecule has 0 fully saturated rings. The summed E-state index contributed by atoms with van der Waals surface area (Å²) < 4.78 is 0.909. The average molecular weight is 321 g/mol. The molecule has 2 aromatic rings. The first-order valence-corrected chi connectivity index (χ1v) is 6.46. The summed E-state index contributed by atoms with van der Waals surface area (Å²) in [7, 11) is 0. The standard InChI is InChI=1S/C14H13BrN2O2/c15-10-2-1-3-11(8-10)17-13(14(16)19)9-4-6-12(18)7-5-9/h1-8,13,17-18H,(H2,16,19). The zero-order valence-electron chi connectivity index (χ0n) is 10.0. The van der Waals surface area contributed by atoms with E-state index in [1.807, 2.05) is 24.3 Å². The second-order valence-corrected chi connectivity index (χ2v) is 5.00. The van der Waals surface area contributed by atoms with Gasteiger partial charge in [0.2, 0.25) is 5.91 Å². The van der Waals surface area contributed by atoms with Crippen molar-refractivity contribution in [1.29, 1.82) is 0 Å². The molecule has 0 aliphatic carbocycles. The summed E-state index contributed by atoms with van der Waals surface area (Å²) >= 11 is 3.37. The molecular formula is C14H13BrN2O2. The number of anilines is 1. The van der Waals surface area contributed by atoms with Crippen molar-refractivity contribution in [1.82, 2.24) is 0 Å². The molecule has 4 nitrogen and oxygen atoms in total. The summed E-state index contributed by atoms with van der Waals surface area (Å²) in [6.07, 6.45) is 0. The molecule has 2 rings (SSSR count). The smallest absolute Gasteiger partial charge is 0.244 e. The number of benzene rings is 2. The van der Waals surface area contributed by atoms with Crippen LogP contribution in [-0.4, -0.2) is 11.0 Å². The summed E-state index contributed by atoms with van der Waals surface area (Å²) in [4.78, 5) is 11.6. The first kappa shape index (κ1) is 13.4. The van der Waals surface area contributed by atoms with Crippen LogP contribution in [-0.2, 0) is 4.79 Å². The second kappa shape index (κ2) is 5.75. The van der Waals surface area contributed by atoms with Crippen LogP contribution in [0.4, 0.5) is 5.69 Å². The van der Waals surface area contributed by atoms with Gasteiger partial charge in [0, 0.05) is 10.2 Å². The van der Waals surface area contributed by atoms with Gasteiger partial charge in [0.25, 0.3) is 0 Å². The number of carbonyl (C=O) groups excluding carboxylic acids is 1. The maximum atomic E-state index is 11.6. The predicted octanol–water partition coefficient (Wildman–Crippen LogP) is 2.79. The monoisotopic (exact) mass is 320 g/mol. The minimum Gasteiger partial charge on any atom is -0.508 e. The minimum absolute atomic E-state index is 0.148. The van der Waals surface area contributed by atoms with Gasteiger partial charge in [-0.25, -0.2) is 0 Å². The highest BCUT2D eigenvalue weighted by atomic mass is 79.9. The van der Waals surface area contributed by atoms with Gasteiger partial charge in [0.15, 0.2) is 0 Å². The predicted molar refractivity (Wildman–Crippen MR) is 77.8 cm³/mol. The third-order valence-electron chi connectivity index (χ3n) is 2.65. The fraction of sp³-hybridized carbons (Fsp3) is 0.0714. The molecule has 1 amide bonds. The van der Waals surface area contributed by atoms with E-state index in [1.165, 1.54) is 12.1 Å². The van der Waals surface area contributed by atoms with E-state index < -0.39 is 11.9 Å². The summed E-state index contributed by atoms with van der Waals surface area (Å²) in [5.41, 5.74) is 6.90. The molecule has 2 aromatic carbocycles. The van der Waals surface area contributed by atoms with Gasteiger partial charge in [-0.1, -0.05) is 34.1 Å². The summed E-state index contributed by atoms with van der Waals surface area (Å²) in [6.45, 7) is 0. The van der Waals surface area contributed by atoms with Crippen molar-refractivity contribution in [3.8, 4) is 5.75 Å². The van der Waals surface area contributed by atoms with Gasteiger partial charge < -0.3 is 16.2 Å². The van der Waals surface area contributed by atoms with Crippen molar-refractivity contribution >= 4 is 27.5 Å². The van der Waals surface area contributed by atoms with E-state index in [4.69, 9.17) is 5.73 Å². The van der Waals surface area contributed by atoms with Gasteiger partial charge >= 0.3 is 0 Å². The van der Waals surface area contributed by atoms with Crippen LogP contribution in [0.1, 0.15) is 11.6 Å². The van der Waals surface area contributed by atoms with Gasteiger partial charge in [0.05, 0.1) is 0 Å². The minimum atomic E-state index is -0.644. The van der Waals surface area contributed by atoms with Crippen molar-refractivity contribution in [2.24, 2.45) is 5.73 Å². The third kappa shape index (κ3) is 3.48.